The van der Waals surface area contributed by atoms with Crippen LogP contribution in [-0.4, -0.2) is 31.6 Å². The van der Waals surface area contributed by atoms with Crippen molar-refractivity contribution in [3.63, 3.8) is 0 Å². The lowest BCUT2D eigenvalue weighted by atomic mass is 9.65. The molecule has 26 heavy (non-hydrogen) atoms. The molecule has 0 saturated carbocycles. The van der Waals surface area contributed by atoms with Crippen LogP contribution in [-0.2, 0) is 9.47 Å². The second-order valence-corrected chi connectivity index (χ2v) is 7.29. The van der Waals surface area contributed by atoms with Crippen LogP contribution in [0.5, 0.6) is 0 Å². The first-order valence-electron chi connectivity index (χ1n) is 8.77. The topological polar surface area (TPSA) is 47.9 Å². The maximum atomic E-state index is 12.6. The number of hydrogen-bond acceptors (Lipinski definition) is 3. The smallest absolute Gasteiger partial charge is 0.277 e. The van der Waals surface area contributed by atoms with E-state index in [0.717, 1.165) is 6.42 Å². The number of methoxy groups -OCH3 is 2. The summed E-state index contributed by atoms with van der Waals surface area (Å²) in [6.45, 7) is 4.26. The third kappa shape index (κ3) is 3.07. The number of carbonyl (C=O) groups excluding carboxylic acids is 1. The molecule has 1 unspecified atom stereocenters. The monoisotopic (exact) mass is 373 g/mol. The van der Waals surface area contributed by atoms with Crippen molar-refractivity contribution in [2.75, 3.05) is 14.2 Å². The van der Waals surface area contributed by atoms with Crippen molar-refractivity contribution >= 4 is 23.2 Å². The summed E-state index contributed by atoms with van der Waals surface area (Å²) in [6, 6.07) is 9.07. The van der Waals surface area contributed by atoms with Gasteiger partial charge in [-0.05, 0) is 37.5 Å². The van der Waals surface area contributed by atoms with Crippen LogP contribution in [0.1, 0.15) is 30.6 Å². The summed E-state index contributed by atoms with van der Waals surface area (Å²) < 4.78 is 11.5. The third-order valence-corrected chi connectivity index (χ3v) is 6.05. The molecular formula is C21H24ClNO3. The highest BCUT2D eigenvalue weighted by molar-refractivity contribution is 6.33. The van der Waals surface area contributed by atoms with Crippen LogP contribution < -0.4 is 0 Å². The van der Waals surface area contributed by atoms with Crippen molar-refractivity contribution in [1.29, 1.82) is 0 Å². The first-order valence-corrected chi connectivity index (χ1v) is 9.15. The third-order valence-electron chi connectivity index (χ3n) is 5.68. The first-order chi connectivity index (χ1) is 12.4. The SMILES string of the molecule is COC1(OC)C(Cl)=CC(=NC(=O)c2ccccc2)[C@@H]2C(C)C(C)=CC[C@@H]21. The number of amides is 1. The maximum Gasteiger partial charge on any atom is 0.277 e. The largest absolute Gasteiger partial charge is 0.348 e. The molecule has 2 aliphatic rings. The van der Waals surface area contributed by atoms with E-state index in [-0.39, 0.29) is 23.7 Å². The van der Waals surface area contributed by atoms with Gasteiger partial charge in [0.25, 0.3) is 5.91 Å². The predicted octanol–water partition coefficient (Wildman–Crippen LogP) is 4.61. The number of benzene rings is 1. The minimum atomic E-state index is -1.01. The van der Waals surface area contributed by atoms with Gasteiger partial charge in [0, 0.05) is 31.6 Å². The molecule has 0 fully saturated rings. The van der Waals surface area contributed by atoms with Gasteiger partial charge in [0.05, 0.1) is 10.7 Å². The lowest BCUT2D eigenvalue weighted by molar-refractivity contribution is -0.218. The zero-order valence-corrected chi connectivity index (χ0v) is 16.3. The van der Waals surface area contributed by atoms with Gasteiger partial charge in [0.1, 0.15) is 0 Å². The van der Waals surface area contributed by atoms with E-state index in [1.54, 1.807) is 32.4 Å². The number of halogens is 1. The summed E-state index contributed by atoms with van der Waals surface area (Å²) in [5.74, 6) is -1.11. The molecule has 3 atom stereocenters. The summed E-state index contributed by atoms with van der Waals surface area (Å²) in [7, 11) is 3.20. The highest BCUT2D eigenvalue weighted by atomic mass is 35.5. The molecule has 1 amide bonds. The lowest BCUT2D eigenvalue weighted by Crippen LogP contribution is -2.53. The first kappa shape index (κ1) is 19.0. The van der Waals surface area contributed by atoms with Gasteiger partial charge in [0.2, 0.25) is 5.79 Å². The molecule has 0 heterocycles. The average molecular weight is 374 g/mol. The van der Waals surface area contributed by atoms with Crippen LogP contribution in [0.2, 0.25) is 0 Å². The Kier molecular flexibility index (Phi) is 5.47. The molecule has 0 N–H and O–H groups in total. The Bertz CT molecular complexity index is 778. The fourth-order valence-corrected chi connectivity index (χ4v) is 4.49. The minimum absolute atomic E-state index is 0.00457. The molecule has 2 aliphatic carbocycles. The van der Waals surface area contributed by atoms with Gasteiger partial charge < -0.3 is 9.47 Å². The van der Waals surface area contributed by atoms with Crippen LogP contribution in [0.4, 0.5) is 0 Å². The molecule has 4 nitrogen and oxygen atoms in total. The molecule has 3 rings (SSSR count). The van der Waals surface area contributed by atoms with E-state index in [1.807, 2.05) is 18.2 Å². The number of aliphatic imine (C=N–C) groups is 1. The maximum absolute atomic E-state index is 12.6. The fraction of sp³-hybridized carbons (Fsp3) is 0.429. The van der Waals surface area contributed by atoms with Crippen molar-refractivity contribution in [2.24, 2.45) is 22.7 Å². The van der Waals surface area contributed by atoms with E-state index >= 15 is 0 Å². The quantitative estimate of drug-likeness (QED) is 0.574. The Morgan fingerprint density at radius 3 is 2.50 bits per heavy atom. The van der Waals surface area contributed by atoms with Gasteiger partial charge in [-0.1, -0.05) is 48.4 Å². The Hall–Kier alpha value is -1.75. The zero-order chi connectivity index (χ0) is 18.9. The molecule has 0 saturated heterocycles. The van der Waals surface area contributed by atoms with Gasteiger partial charge in [-0.3, -0.25) is 4.79 Å². The molecule has 1 aromatic rings. The second kappa shape index (κ2) is 7.47. The zero-order valence-electron chi connectivity index (χ0n) is 15.5. The van der Waals surface area contributed by atoms with E-state index in [4.69, 9.17) is 21.1 Å². The number of nitrogens with zero attached hydrogens (tertiary/aromatic N) is 1. The predicted molar refractivity (Wildman–Crippen MR) is 103 cm³/mol. The van der Waals surface area contributed by atoms with Crippen molar-refractivity contribution < 1.29 is 14.3 Å². The van der Waals surface area contributed by atoms with Gasteiger partial charge in [-0.2, -0.15) is 0 Å². The Balaban J connectivity index is 2.10. The number of carbonyl (C=O) groups is 1. The van der Waals surface area contributed by atoms with Crippen LogP contribution in [0, 0.1) is 17.8 Å². The number of allylic oxidation sites excluding steroid dienone is 3. The normalized spacial score (nSPS) is 29.0. The van der Waals surface area contributed by atoms with Crippen LogP contribution >= 0.6 is 11.6 Å². The summed E-state index contributed by atoms with van der Waals surface area (Å²) >= 11 is 6.57. The van der Waals surface area contributed by atoms with Crippen molar-refractivity contribution in [2.45, 2.75) is 26.1 Å². The highest BCUT2D eigenvalue weighted by Gasteiger charge is 2.53. The summed E-state index contributed by atoms with van der Waals surface area (Å²) in [5.41, 5.74) is 2.53. The Morgan fingerprint density at radius 2 is 1.88 bits per heavy atom. The summed E-state index contributed by atoms with van der Waals surface area (Å²) in [4.78, 5) is 17.1. The molecule has 5 heteroatoms. The van der Waals surface area contributed by atoms with Crippen LogP contribution in [0.15, 0.2) is 58.1 Å². The van der Waals surface area contributed by atoms with E-state index in [0.29, 0.717) is 16.3 Å². The standard InChI is InChI=1S/C21H24ClNO3/c1-13-10-11-16-19(14(13)2)17(12-18(22)21(16,25-3)26-4)23-20(24)15-8-6-5-7-9-15/h5-10,12,14,16,19H,11H2,1-4H3/t14?,16-,19+/m0/s1. The Labute approximate surface area is 159 Å². The summed E-state index contributed by atoms with van der Waals surface area (Å²) in [6.07, 6.45) is 4.70. The molecule has 138 valence electrons. The van der Waals surface area contributed by atoms with Crippen molar-refractivity contribution in [3.8, 4) is 0 Å². The number of rotatable bonds is 3. The minimum Gasteiger partial charge on any atom is -0.348 e. The molecule has 0 aliphatic heterocycles. The van der Waals surface area contributed by atoms with Gasteiger partial charge in [-0.15, -0.1) is 0 Å². The van der Waals surface area contributed by atoms with E-state index < -0.39 is 5.79 Å². The summed E-state index contributed by atoms with van der Waals surface area (Å²) in [5, 5.41) is 0.420. The fourth-order valence-electron chi connectivity index (χ4n) is 4.09. The number of ether oxygens (including phenoxy) is 2. The molecule has 1 aromatic carbocycles. The number of hydrogen-bond donors (Lipinski definition) is 0. The van der Waals surface area contributed by atoms with Gasteiger partial charge >= 0.3 is 0 Å². The second-order valence-electron chi connectivity index (χ2n) is 6.88. The van der Waals surface area contributed by atoms with Crippen LogP contribution in [0.25, 0.3) is 0 Å². The van der Waals surface area contributed by atoms with E-state index in [2.05, 4.69) is 24.9 Å². The number of fused-ring (bicyclic) bond motifs is 1. The van der Waals surface area contributed by atoms with Crippen molar-refractivity contribution in [1.82, 2.24) is 0 Å². The Morgan fingerprint density at radius 1 is 1.23 bits per heavy atom. The molecular weight excluding hydrogens is 350 g/mol. The van der Waals surface area contributed by atoms with Gasteiger partial charge in [-0.25, -0.2) is 4.99 Å². The van der Waals surface area contributed by atoms with Crippen LogP contribution in [0.3, 0.4) is 0 Å². The molecule has 0 bridgehead atoms. The van der Waals surface area contributed by atoms with Gasteiger partial charge in [0.15, 0.2) is 0 Å². The van der Waals surface area contributed by atoms with E-state index in [1.165, 1.54) is 5.57 Å². The lowest BCUT2D eigenvalue weighted by Gasteiger charge is -2.48. The van der Waals surface area contributed by atoms with Crippen molar-refractivity contribution in [3.05, 3.63) is 58.7 Å². The molecule has 0 spiro atoms. The molecule has 0 aromatic heterocycles. The average Bonchev–Trinajstić information content (AvgIpc) is 2.66. The molecule has 0 radical (unpaired) electrons. The highest BCUT2D eigenvalue weighted by Crippen LogP contribution is 2.50. The van der Waals surface area contributed by atoms with E-state index in [9.17, 15) is 4.79 Å².